The Bertz CT molecular complexity index is 695. The molecule has 1 rings (SSSR count). The third kappa shape index (κ3) is 8.13. The van der Waals surface area contributed by atoms with Crippen LogP contribution in [0.15, 0.2) is 0 Å². The lowest BCUT2D eigenvalue weighted by Gasteiger charge is -2.44. The van der Waals surface area contributed by atoms with Crippen molar-refractivity contribution < 1.29 is 47.7 Å². The third-order valence-corrected chi connectivity index (χ3v) is 4.05. The van der Waals surface area contributed by atoms with Gasteiger partial charge in [-0.1, -0.05) is 34.8 Å². The number of ether oxygens (including phenoxy) is 5. The van der Waals surface area contributed by atoms with Crippen LogP contribution in [-0.4, -0.2) is 70.8 Å². The number of rotatable bonds is 6. The summed E-state index contributed by atoms with van der Waals surface area (Å²) in [5.41, 5.74) is 0. The van der Waals surface area contributed by atoms with Crippen molar-refractivity contribution in [3.05, 3.63) is 0 Å². The zero-order valence-corrected chi connectivity index (χ0v) is 18.6. The first-order chi connectivity index (χ1) is 13.7. The molecule has 170 valence electrons. The van der Waals surface area contributed by atoms with Gasteiger partial charge in [-0.3, -0.25) is 24.0 Å². The van der Waals surface area contributed by atoms with E-state index in [0.29, 0.717) is 0 Å². The SMILES string of the molecule is CC(=O)OC[C@H]1OC(OC(C)=O)[C@H](NC(=O)C(Cl)(Cl)Cl)[C@@H](OC(C)=O)[C@H]1OC(C)=O. The Morgan fingerprint density at radius 1 is 0.833 bits per heavy atom. The smallest absolute Gasteiger partial charge is 0.305 e. The quantitative estimate of drug-likeness (QED) is 0.317. The Hall–Kier alpha value is -1.82. The molecule has 1 unspecified atom stereocenters. The molecule has 0 aromatic carbocycles. The Kier molecular flexibility index (Phi) is 9.60. The molecule has 1 aliphatic heterocycles. The fourth-order valence-corrected chi connectivity index (χ4v) is 2.72. The van der Waals surface area contributed by atoms with Crippen LogP contribution in [0.2, 0.25) is 0 Å². The molecule has 0 bridgehead atoms. The molecule has 11 nitrogen and oxygen atoms in total. The van der Waals surface area contributed by atoms with Crippen LogP contribution in [0.25, 0.3) is 0 Å². The molecule has 1 amide bonds. The molecule has 1 aliphatic rings. The van der Waals surface area contributed by atoms with Crippen molar-refractivity contribution in [2.45, 2.75) is 62.1 Å². The molecule has 1 heterocycles. The van der Waals surface area contributed by atoms with Gasteiger partial charge in [-0.05, 0) is 0 Å². The van der Waals surface area contributed by atoms with Gasteiger partial charge in [0.1, 0.15) is 18.8 Å². The molecule has 0 aromatic rings. The summed E-state index contributed by atoms with van der Waals surface area (Å²) in [5, 5.41) is 2.25. The van der Waals surface area contributed by atoms with Gasteiger partial charge in [0.05, 0.1) is 0 Å². The van der Waals surface area contributed by atoms with E-state index in [1.165, 1.54) is 0 Å². The topological polar surface area (TPSA) is 144 Å². The van der Waals surface area contributed by atoms with E-state index in [1.807, 2.05) is 0 Å². The van der Waals surface area contributed by atoms with E-state index in [0.717, 1.165) is 27.7 Å². The molecule has 0 aliphatic carbocycles. The summed E-state index contributed by atoms with van der Waals surface area (Å²) in [6.07, 6.45) is -5.64. The lowest BCUT2D eigenvalue weighted by atomic mass is 9.96. The summed E-state index contributed by atoms with van der Waals surface area (Å²) in [4.78, 5) is 58.2. The van der Waals surface area contributed by atoms with Crippen molar-refractivity contribution in [3.63, 3.8) is 0 Å². The average Bonchev–Trinajstić information content (AvgIpc) is 2.56. The molecule has 0 aromatic heterocycles. The highest BCUT2D eigenvalue weighted by atomic mass is 35.6. The van der Waals surface area contributed by atoms with E-state index >= 15 is 0 Å². The van der Waals surface area contributed by atoms with E-state index in [2.05, 4.69) is 5.32 Å². The standard InChI is InChI=1S/C16H20Cl3NO10/c1-6(21)26-5-10-12(27-7(2)22)13(28-8(3)23)11(14(30-10)29-9(4)24)20-15(25)16(17,18)19/h10-14H,5H2,1-4H3,(H,20,25)/t10-,11-,12+,13-,14?/m1/s1. The van der Waals surface area contributed by atoms with E-state index in [9.17, 15) is 24.0 Å². The minimum Gasteiger partial charge on any atom is -0.463 e. The Morgan fingerprint density at radius 2 is 1.33 bits per heavy atom. The molecule has 5 atom stereocenters. The van der Waals surface area contributed by atoms with Crippen LogP contribution in [0, 0.1) is 0 Å². The largest absolute Gasteiger partial charge is 0.463 e. The van der Waals surface area contributed by atoms with Crippen molar-refractivity contribution in [2.75, 3.05) is 6.61 Å². The van der Waals surface area contributed by atoms with Gasteiger partial charge in [0.15, 0.2) is 12.2 Å². The maximum absolute atomic E-state index is 12.2. The van der Waals surface area contributed by atoms with Gasteiger partial charge in [0.2, 0.25) is 6.29 Å². The highest BCUT2D eigenvalue weighted by molar-refractivity contribution is 6.76. The van der Waals surface area contributed by atoms with Crippen molar-refractivity contribution >= 4 is 64.6 Å². The van der Waals surface area contributed by atoms with Gasteiger partial charge < -0.3 is 29.0 Å². The second kappa shape index (κ2) is 11.0. The van der Waals surface area contributed by atoms with Crippen molar-refractivity contribution in [1.29, 1.82) is 0 Å². The maximum Gasteiger partial charge on any atom is 0.305 e. The molecular formula is C16H20Cl3NO10. The fraction of sp³-hybridized carbons (Fsp3) is 0.688. The zero-order valence-electron chi connectivity index (χ0n) is 16.3. The van der Waals surface area contributed by atoms with Gasteiger partial charge in [0.25, 0.3) is 9.70 Å². The molecule has 0 saturated carbocycles. The Morgan fingerprint density at radius 3 is 1.77 bits per heavy atom. The normalized spacial score (nSPS) is 26.2. The van der Waals surface area contributed by atoms with E-state index in [1.54, 1.807) is 0 Å². The summed E-state index contributed by atoms with van der Waals surface area (Å²) < 4.78 is 23.5. The summed E-state index contributed by atoms with van der Waals surface area (Å²) in [7, 11) is 0. The monoisotopic (exact) mass is 491 g/mol. The van der Waals surface area contributed by atoms with Crippen LogP contribution >= 0.6 is 34.8 Å². The van der Waals surface area contributed by atoms with Crippen molar-refractivity contribution in [3.8, 4) is 0 Å². The van der Waals surface area contributed by atoms with Gasteiger partial charge in [-0.2, -0.15) is 0 Å². The van der Waals surface area contributed by atoms with E-state index in [-0.39, 0.29) is 0 Å². The van der Waals surface area contributed by atoms with Gasteiger partial charge in [-0.25, -0.2) is 0 Å². The van der Waals surface area contributed by atoms with Crippen molar-refractivity contribution in [2.24, 2.45) is 0 Å². The van der Waals surface area contributed by atoms with E-state index in [4.69, 9.17) is 58.5 Å². The molecular weight excluding hydrogens is 473 g/mol. The van der Waals surface area contributed by atoms with E-state index < -0.39 is 70.8 Å². The summed E-state index contributed by atoms with van der Waals surface area (Å²) in [5.74, 6) is -4.30. The number of carbonyl (C=O) groups excluding carboxylic acids is 5. The van der Waals surface area contributed by atoms with Crippen LogP contribution in [-0.2, 0) is 47.7 Å². The average molecular weight is 493 g/mol. The summed E-state index contributed by atoms with van der Waals surface area (Å²) in [6, 6.07) is -1.45. The van der Waals surface area contributed by atoms with Crippen LogP contribution < -0.4 is 5.32 Å². The summed E-state index contributed by atoms with van der Waals surface area (Å²) >= 11 is 16.7. The second-order valence-corrected chi connectivity index (χ2v) is 8.38. The number of hydrogen-bond acceptors (Lipinski definition) is 10. The number of hydrogen-bond donors (Lipinski definition) is 1. The number of amides is 1. The first-order valence-electron chi connectivity index (χ1n) is 8.40. The molecule has 14 heteroatoms. The maximum atomic E-state index is 12.2. The highest BCUT2D eigenvalue weighted by Crippen LogP contribution is 2.31. The highest BCUT2D eigenvalue weighted by Gasteiger charge is 2.53. The molecule has 1 fully saturated rings. The number of carbonyl (C=O) groups is 5. The van der Waals surface area contributed by atoms with Crippen LogP contribution in [0.5, 0.6) is 0 Å². The Labute approximate surface area is 186 Å². The predicted octanol–water partition coefficient (Wildman–Crippen LogP) is 0.556. The molecule has 1 N–H and O–H groups in total. The minimum absolute atomic E-state index is 0.450. The summed E-state index contributed by atoms with van der Waals surface area (Å²) in [6.45, 7) is 3.85. The molecule has 0 spiro atoms. The van der Waals surface area contributed by atoms with Gasteiger partial charge in [-0.15, -0.1) is 0 Å². The lowest BCUT2D eigenvalue weighted by molar-refractivity contribution is -0.271. The number of esters is 4. The van der Waals surface area contributed by atoms with Crippen LogP contribution in [0.3, 0.4) is 0 Å². The lowest BCUT2D eigenvalue weighted by Crippen LogP contribution is -2.67. The minimum atomic E-state index is -2.42. The predicted molar refractivity (Wildman–Crippen MR) is 100 cm³/mol. The number of halogens is 3. The van der Waals surface area contributed by atoms with Gasteiger partial charge >= 0.3 is 23.9 Å². The second-order valence-electron chi connectivity index (χ2n) is 6.10. The number of alkyl halides is 3. The molecule has 0 radical (unpaired) electrons. The zero-order chi connectivity index (χ0) is 23.2. The van der Waals surface area contributed by atoms with Crippen LogP contribution in [0.4, 0.5) is 0 Å². The fourth-order valence-electron chi connectivity index (χ4n) is 2.55. The first kappa shape index (κ1) is 26.2. The Balaban J connectivity index is 3.39. The van der Waals surface area contributed by atoms with Gasteiger partial charge in [0, 0.05) is 27.7 Å². The third-order valence-electron chi connectivity index (χ3n) is 3.54. The van der Waals surface area contributed by atoms with Crippen molar-refractivity contribution in [1.82, 2.24) is 5.32 Å². The molecule has 1 saturated heterocycles. The van der Waals surface area contributed by atoms with Crippen LogP contribution in [0.1, 0.15) is 27.7 Å². The first-order valence-corrected chi connectivity index (χ1v) is 9.54. The number of nitrogens with one attached hydrogen (secondary N) is 1. The molecule has 30 heavy (non-hydrogen) atoms.